The summed E-state index contributed by atoms with van der Waals surface area (Å²) in [5, 5.41) is 12.6. The molecule has 2 rings (SSSR count). The molecule has 20 heavy (non-hydrogen) atoms. The molecule has 0 radical (unpaired) electrons. The van der Waals surface area contributed by atoms with Crippen molar-refractivity contribution in [2.45, 2.75) is 13.1 Å². The van der Waals surface area contributed by atoms with Gasteiger partial charge in [0.05, 0.1) is 0 Å². The van der Waals surface area contributed by atoms with Crippen LogP contribution in [0.15, 0.2) is 48.5 Å². The average Bonchev–Trinajstić information content (AvgIpc) is 2.46. The number of benzene rings is 2. The van der Waals surface area contributed by atoms with E-state index < -0.39 is 0 Å². The number of para-hydroxylation sites is 1. The van der Waals surface area contributed by atoms with Gasteiger partial charge in [-0.1, -0.05) is 41.9 Å². The second-order valence-electron chi connectivity index (χ2n) is 4.29. The zero-order chi connectivity index (χ0) is 14.2. The number of hydrogen-bond donors (Lipinski definition) is 1. The maximum Gasteiger partial charge on any atom is 0.174 e. The van der Waals surface area contributed by atoms with Crippen molar-refractivity contribution in [1.29, 1.82) is 5.26 Å². The van der Waals surface area contributed by atoms with Crippen LogP contribution in [0.25, 0.3) is 0 Å². The minimum absolute atomic E-state index is 0.0608. The maximum atomic E-state index is 8.57. The predicted molar refractivity (Wildman–Crippen MR) is 79.5 cm³/mol. The minimum atomic E-state index is 0.0608. The van der Waals surface area contributed by atoms with Gasteiger partial charge in [-0.3, -0.25) is 0 Å². The van der Waals surface area contributed by atoms with Crippen molar-refractivity contribution < 1.29 is 4.74 Å². The summed E-state index contributed by atoms with van der Waals surface area (Å²) >= 11 is 5.94. The van der Waals surface area contributed by atoms with E-state index in [-0.39, 0.29) is 6.61 Å². The van der Waals surface area contributed by atoms with E-state index >= 15 is 0 Å². The summed E-state index contributed by atoms with van der Waals surface area (Å²) < 4.78 is 5.39. The molecule has 0 unspecified atom stereocenters. The highest BCUT2D eigenvalue weighted by molar-refractivity contribution is 6.30. The highest BCUT2D eigenvalue weighted by Gasteiger charge is 2.02. The molecule has 102 valence electrons. The molecule has 0 aliphatic rings. The molecule has 0 bridgehead atoms. The largest absolute Gasteiger partial charge is 0.478 e. The van der Waals surface area contributed by atoms with Crippen LogP contribution in [0.3, 0.4) is 0 Å². The first-order chi connectivity index (χ1) is 9.79. The van der Waals surface area contributed by atoms with E-state index in [4.69, 9.17) is 21.6 Å². The van der Waals surface area contributed by atoms with Crippen LogP contribution < -0.4 is 10.1 Å². The van der Waals surface area contributed by atoms with Crippen molar-refractivity contribution >= 4 is 11.6 Å². The van der Waals surface area contributed by atoms with E-state index in [1.807, 2.05) is 54.6 Å². The molecule has 0 aliphatic heterocycles. The number of nitrogens with one attached hydrogen (secondary N) is 1. The number of nitrogens with zero attached hydrogens (tertiary/aromatic N) is 1. The Morgan fingerprint density at radius 3 is 2.75 bits per heavy atom. The Kier molecular flexibility index (Phi) is 5.43. The molecule has 2 aromatic carbocycles. The van der Waals surface area contributed by atoms with Gasteiger partial charge in [-0.05, 0) is 23.8 Å². The van der Waals surface area contributed by atoms with Gasteiger partial charge in [0, 0.05) is 23.7 Å². The maximum absolute atomic E-state index is 8.57. The van der Waals surface area contributed by atoms with E-state index in [2.05, 4.69) is 5.32 Å². The van der Waals surface area contributed by atoms with Gasteiger partial charge in [-0.2, -0.15) is 5.26 Å². The summed E-state index contributed by atoms with van der Waals surface area (Å²) in [5.41, 5.74) is 2.16. The lowest BCUT2D eigenvalue weighted by molar-refractivity contribution is 0.362. The third kappa shape index (κ3) is 4.27. The van der Waals surface area contributed by atoms with Gasteiger partial charge in [0.15, 0.2) is 6.61 Å². The normalized spacial score (nSPS) is 10.0. The van der Waals surface area contributed by atoms with Crippen LogP contribution in [-0.4, -0.2) is 6.61 Å². The molecule has 4 heteroatoms. The smallest absolute Gasteiger partial charge is 0.174 e. The molecule has 0 aromatic heterocycles. The van der Waals surface area contributed by atoms with Crippen LogP contribution >= 0.6 is 11.6 Å². The molecule has 0 atom stereocenters. The Bertz CT molecular complexity index is 607. The standard InChI is InChI=1S/C16H15ClN2O/c17-15-6-3-4-13(10-15)11-19-12-14-5-1-2-7-16(14)20-9-8-18/h1-7,10,19H,9,11-12H2. The van der Waals surface area contributed by atoms with Crippen molar-refractivity contribution in [2.75, 3.05) is 6.61 Å². The molecule has 0 amide bonds. The molecule has 0 spiro atoms. The van der Waals surface area contributed by atoms with Crippen LogP contribution in [0.5, 0.6) is 5.75 Å². The number of nitriles is 1. The lowest BCUT2D eigenvalue weighted by Crippen LogP contribution is -2.13. The van der Waals surface area contributed by atoms with Gasteiger partial charge < -0.3 is 10.1 Å². The molecule has 2 aromatic rings. The van der Waals surface area contributed by atoms with Crippen LogP contribution in [0.1, 0.15) is 11.1 Å². The summed E-state index contributed by atoms with van der Waals surface area (Å²) in [4.78, 5) is 0. The quantitative estimate of drug-likeness (QED) is 0.883. The summed E-state index contributed by atoms with van der Waals surface area (Å²) in [5.74, 6) is 0.743. The van der Waals surface area contributed by atoms with Crippen LogP contribution in [0.2, 0.25) is 5.02 Å². The minimum Gasteiger partial charge on any atom is -0.478 e. The highest BCUT2D eigenvalue weighted by Crippen LogP contribution is 2.18. The van der Waals surface area contributed by atoms with Crippen LogP contribution in [-0.2, 0) is 13.1 Å². The first kappa shape index (κ1) is 14.4. The summed E-state index contributed by atoms with van der Waals surface area (Å²) in [6.07, 6.45) is 0. The fraction of sp³-hybridized carbons (Fsp3) is 0.188. The molecule has 0 heterocycles. The molecule has 0 saturated carbocycles. The van der Waals surface area contributed by atoms with Crippen molar-refractivity contribution in [3.8, 4) is 11.8 Å². The molecule has 0 fully saturated rings. The van der Waals surface area contributed by atoms with E-state index in [0.29, 0.717) is 6.54 Å². The second-order valence-corrected chi connectivity index (χ2v) is 4.72. The Morgan fingerprint density at radius 2 is 1.95 bits per heavy atom. The van der Waals surface area contributed by atoms with Crippen LogP contribution in [0, 0.1) is 11.3 Å². The topological polar surface area (TPSA) is 45.0 Å². The summed E-state index contributed by atoms with van der Waals surface area (Å²) in [6.45, 7) is 1.46. The van der Waals surface area contributed by atoms with Gasteiger partial charge in [0.1, 0.15) is 11.8 Å². The fourth-order valence-corrected chi connectivity index (χ4v) is 2.10. The number of rotatable bonds is 6. The van der Waals surface area contributed by atoms with Gasteiger partial charge in [0.25, 0.3) is 0 Å². The summed E-state index contributed by atoms with van der Waals surface area (Å²) in [7, 11) is 0. The van der Waals surface area contributed by atoms with Gasteiger partial charge in [0.2, 0.25) is 0 Å². The van der Waals surface area contributed by atoms with Crippen molar-refractivity contribution in [1.82, 2.24) is 5.32 Å². The SMILES string of the molecule is N#CCOc1ccccc1CNCc1cccc(Cl)c1. The third-order valence-corrected chi connectivity index (χ3v) is 3.03. The Labute approximate surface area is 123 Å². The first-order valence-electron chi connectivity index (χ1n) is 6.32. The number of hydrogen-bond acceptors (Lipinski definition) is 3. The zero-order valence-corrected chi connectivity index (χ0v) is 11.7. The number of halogens is 1. The van der Waals surface area contributed by atoms with Gasteiger partial charge in [-0.15, -0.1) is 0 Å². The molecule has 1 N–H and O–H groups in total. The fourth-order valence-electron chi connectivity index (χ4n) is 1.89. The first-order valence-corrected chi connectivity index (χ1v) is 6.70. The Balaban J connectivity index is 1.92. The van der Waals surface area contributed by atoms with Crippen LogP contribution in [0.4, 0.5) is 0 Å². The summed E-state index contributed by atoms with van der Waals surface area (Å²) in [6, 6.07) is 17.4. The molecule has 0 aliphatic carbocycles. The van der Waals surface area contributed by atoms with Crippen molar-refractivity contribution in [3.05, 3.63) is 64.7 Å². The molecular formula is C16H15ClN2O. The Morgan fingerprint density at radius 1 is 1.10 bits per heavy atom. The zero-order valence-electron chi connectivity index (χ0n) is 11.0. The highest BCUT2D eigenvalue weighted by atomic mass is 35.5. The average molecular weight is 287 g/mol. The van der Waals surface area contributed by atoms with Gasteiger partial charge >= 0.3 is 0 Å². The van der Waals surface area contributed by atoms with Gasteiger partial charge in [-0.25, -0.2) is 0 Å². The second kappa shape index (κ2) is 7.54. The predicted octanol–water partition coefficient (Wildman–Crippen LogP) is 3.53. The number of ether oxygens (including phenoxy) is 1. The molecule has 3 nitrogen and oxygen atoms in total. The van der Waals surface area contributed by atoms with E-state index in [1.165, 1.54) is 0 Å². The Hall–Kier alpha value is -2.02. The lowest BCUT2D eigenvalue weighted by atomic mass is 10.2. The van der Waals surface area contributed by atoms with Crippen molar-refractivity contribution in [3.63, 3.8) is 0 Å². The van der Waals surface area contributed by atoms with E-state index in [1.54, 1.807) is 0 Å². The third-order valence-electron chi connectivity index (χ3n) is 2.80. The molecule has 0 saturated heterocycles. The van der Waals surface area contributed by atoms with Crippen molar-refractivity contribution in [2.24, 2.45) is 0 Å². The van der Waals surface area contributed by atoms with E-state index in [0.717, 1.165) is 28.4 Å². The van der Waals surface area contributed by atoms with E-state index in [9.17, 15) is 0 Å². The molecular weight excluding hydrogens is 272 g/mol. The lowest BCUT2D eigenvalue weighted by Gasteiger charge is -2.10. The monoisotopic (exact) mass is 286 g/mol.